The van der Waals surface area contributed by atoms with Crippen molar-refractivity contribution in [1.29, 1.82) is 0 Å². The van der Waals surface area contributed by atoms with E-state index < -0.39 is 23.5 Å². The highest BCUT2D eigenvalue weighted by Gasteiger charge is 2.38. The van der Waals surface area contributed by atoms with Crippen LogP contribution in [0.2, 0.25) is 0 Å². The number of aromatic nitrogens is 2. The molecule has 40 heavy (non-hydrogen) atoms. The number of fused-ring (bicyclic) bond motifs is 1. The zero-order valence-corrected chi connectivity index (χ0v) is 23.7. The molecule has 8 nitrogen and oxygen atoms in total. The Bertz CT molecular complexity index is 1460. The minimum absolute atomic E-state index is 0.0783. The van der Waals surface area contributed by atoms with E-state index in [1.165, 1.54) is 0 Å². The molecule has 5 rings (SSSR count). The Labute approximate surface area is 237 Å². The average Bonchev–Trinajstić information content (AvgIpc) is 3.50. The van der Waals surface area contributed by atoms with Gasteiger partial charge in [0.25, 0.3) is 0 Å². The molecular formula is C31H33N3O5S. The summed E-state index contributed by atoms with van der Waals surface area (Å²) in [5, 5.41) is 0. The quantitative estimate of drug-likeness (QED) is 0.285. The number of benzene rings is 2. The minimum Gasteiger partial charge on any atom is -0.460 e. The number of hydrogen-bond donors (Lipinski definition) is 0. The third-order valence-electron chi connectivity index (χ3n) is 6.69. The molecule has 0 radical (unpaired) electrons. The van der Waals surface area contributed by atoms with E-state index in [2.05, 4.69) is 17.1 Å². The SMILES string of the molecule is CC(C)(C)OC(=O)C[C@@H](C(=O)N1CCOC[C@H]1C(=O)Cc1cn2cc(-c3ccccc3)sc2n1)c1ccccc1. The average molecular weight is 560 g/mol. The van der Waals surface area contributed by atoms with E-state index in [-0.39, 0.29) is 37.7 Å². The van der Waals surface area contributed by atoms with E-state index in [4.69, 9.17) is 9.47 Å². The predicted molar refractivity (Wildman–Crippen MR) is 153 cm³/mol. The standard InChI is InChI=1S/C31H33N3O5S/c1-31(2,3)39-28(36)17-24(21-10-6-4-7-11-21)29(37)34-14-15-38-20-25(34)26(35)16-23-18-33-19-27(40-30(33)32-23)22-12-8-5-9-13-22/h4-13,18-19,24-25H,14-17,20H2,1-3H3/t24-,25+/m1/s1. The summed E-state index contributed by atoms with van der Waals surface area (Å²) in [4.78, 5) is 48.4. The number of nitrogens with zero attached hydrogens (tertiary/aromatic N) is 3. The van der Waals surface area contributed by atoms with E-state index in [0.29, 0.717) is 17.9 Å². The fraction of sp³-hybridized carbons (Fsp3) is 0.355. The maximum Gasteiger partial charge on any atom is 0.307 e. The van der Waals surface area contributed by atoms with Crippen molar-refractivity contribution in [3.8, 4) is 10.4 Å². The van der Waals surface area contributed by atoms with Crippen molar-refractivity contribution in [2.75, 3.05) is 19.8 Å². The van der Waals surface area contributed by atoms with Gasteiger partial charge >= 0.3 is 5.97 Å². The Balaban J connectivity index is 1.33. The molecule has 3 heterocycles. The van der Waals surface area contributed by atoms with Gasteiger partial charge in [0.2, 0.25) is 5.91 Å². The monoisotopic (exact) mass is 559 g/mol. The molecule has 1 amide bonds. The second-order valence-electron chi connectivity index (χ2n) is 10.9. The first-order chi connectivity index (χ1) is 19.2. The molecule has 0 saturated carbocycles. The van der Waals surface area contributed by atoms with Crippen LogP contribution in [0.3, 0.4) is 0 Å². The van der Waals surface area contributed by atoms with Gasteiger partial charge in [0.1, 0.15) is 11.6 Å². The summed E-state index contributed by atoms with van der Waals surface area (Å²) < 4.78 is 13.1. The molecule has 2 aromatic heterocycles. The van der Waals surface area contributed by atoms with Crippen LogP contribution in [0, 0.1) is 0 Å². The molecule has 1 aliphatic rings. The maximum absolute atomic E-state index is 13.9. The lowest BCUT2D eigenvalue weighted by molar-refractivity contribution is -0.158. The lowest BCUT2D eigenvalue weighted by Gasteiger charge is -2.37. The molecular weight excluding hydrogens is 526 g/mol. The molecule has 1 fully saturated rings. The van der Waals surface area contributed by atoms with Crippen LogP contribution >= 0.6 is 11.3 Å². The Morgan fingerprint density at radius 3 is 2.42 bits per heavy atom. The molecule has 0 N–H and O–H groups in total. The van der Waals surface area contributed by atoms with Crippen LogP contribution < -0.4 is 0 Å². The molecule has 1 saturated heterocycles. The van der Waals surface area contributed by atoms with Gasteiger partial charge in [0.15, 0.2) is 10.7 Å². The number of hydrogen-bond acceptors (Lipinski definition) is 7. The van der Waals surface area contributed by atoms with Gasteiger partial charge in [0, 0.05) is 18.9 Å². The second kappa shape index (κ2) is 11.7. The maximum atomic E-state index is 13.9. The van der Waals surface area contributed by atoms with Gasteiger partial charge in [-0.05, 0) is 31.9 Å². The predicted octanol–water partition coefficient (Wildman–Crippen LogP) is 4.92. The summed E-state index contributed by atoms with van der Waals surface area (Å²) in [6.45, 7) is 6.09. The zero-order chi connectivity index (χ0) is 28.3. The van der Waals surface area contributed by atoms with Gasteiger partial charge in [-0.1, -0.05) is 72.0 Å². The van der Waals surface area contributed by atoms with Crippen molar-refractivity contribution < 1.29 is 23.9 Å². The van der Waals surface area contributed by atoms with E-state index in [1.54, 1.807) is 37.0 Å². The van der Waals surface area contributed by atoms with Gasteiger partial charge in [0.05, 0.1) is 42.5 Å². The summed E-state index contributed by atoms with van der Waals surface area (Å²) >= 11 is 1.56. The lowest BCUT2D eigenvalue weighted by atomic mass is 9.92. The van der Waals surface area contributed by atoms with Crippen molar-refractivity contribution in [1.82, 2.24) is 14.3 Å². The molecule has 4 aromatic rings. The van der Waals surface area contributed by atoms with Crippen LogP contribution in [-0.2, 0) is 30.3 Å². The number of Topliss-reactive ketones (excluding diaryl/α,β-unsaturated/α-hetero) is 1. The topological polar surface area (TPSA) is 90.2 Å². The first-order valence-electron chi connectivity index (χ1n) is 13.4. The second-order valence-corrected chi connectivity index (χ2v) is 11.9. The van der Waals surface area contributed by atoms with Gasteiger partial charge < -0.3 is 14.4 Å². The highest BCUT2D eigenvalue weighted by Crippen LogP contribution is 2.29. The molecule has 0 spiro atoms. The highest BCUT2D eigenvalue weighted by molar-refractivity contribution is 7.20. The van der Waals surface area contributed by atoms with E-state index in [0.717, 1.165) is 15.4 Å². The van der Waals surface area contributed by atoms with Gasteiger partial charge in [-0.15, -0.1) is 0 Å². The first kappa shape index (κ1) is 27.7. The van der Waals surface area contributed by atoms with Crippen molar-refractivity contribution in [3.63, 3.8) is 0 Å². The number of carbonyl (C=O) groups excluding carboxylic acids is 3. The Hall–Kier alpha value is -3.82. The normalized spacial score (nSPS) is 16.6. The van der Waals surface area contributed by atoms with Crippen molar-refractivity contribution in [2.24, 2.45) is 0 Å². The molecule has 208 valence electrons. The Morgan fingerprint density at radius 2 is 1.75 bits per heavy atom. The molecule has 0 aliphatic carbocycles. The number of esters is 1. The highest BCUT2D eigenvalue weighted by atomic mass is 32.1. The minimum atomic E-state index is -0.765. The van der Waals surface area contributed by atoms with Gasteiger partial charge in [-0.25, -0.2) is 4.98 Å². The number of rotatable bonds is 8. The zero-order valence-electron chi connectivity index (χ0n) is 22.9. The Kier molecular flexibility index (Phi) is 8.14. The third kappa shape index (κ3) is 6.48. The van der Waals surface area contributed by atoms with Crippen LogP contribution in [0.5, 0.6) is 0 Å². The summed E-state index contributed by atoms with van der Waals surface area (Å²) in [6, 6.07) is 18.5. The van der Waals surface area contributed by atoms with E-state index in [1.807, 2.05) is 65.3 Å². The van der Waals surface area contributed by atoms with Crippen molar-refractivity contribution in [2.45, 2.75) is 51.2 Å². The lowest BCUT2D eigenvalue weighted by Crippen LogP contribution is -2.54. The molecule has 0 unspecified atom stereocenters. The number of ketones is 1. The van der Waals surface area contributed by atoms with Crippen molar-refractivity contribution in [3.05, 3.63) is 84.3 Å². The fourth-order valence-corrected chi connectivity index (χ4v) is 5.87. The van der Waals surface area contributed by atoms with Crippen LogP contribution in [0.15, 0.2) is 73.1 Å². The number of thiazole rings is 1. The summed E-state index contributed by atoms with van der Waals surface area (Å²) in [5.41, 5.74) is 1.80. The molecule has 9 heteroatoms. The van der Waals surface area contributed by atoms with Crippen LogP contribution in [0.4, 0.5) is 0 Å². The number of imidazole rings is 1. The van der Waals surface area contributed by atoms with Gasteiger partial charge in [-0.2, -0.15) is 0 Å². The van der Waals surface area contributed by atoms with Crippen molar-refractivity contribution >= 4 is 34.0 Å². The summed E-state index contributed by atoms with van der Waals surface area (Å²) in [5.74, 6) is -1.65. The number of amides is 1. The summed E-state index contributed by atoms with van der Waals surface area (Å²) in [7, 11) is 0. The Morgan fingerprint density at radius 1 is 1.05 bits per heavy atom. The smallest absolute Gasteiger partial charge is 0.307 e. The molecule has 2 atom stereocenters. The fourth-order valence-electron chi connectivity index (χ4n) is 4.88. The largest absolute Gasteiger partial charge is 0.460 e. The van der Waals surface area contributed by atoms with E-state index in [9.17, 15) is 14.4 Å². The number of ether oxygens (including phenoxy) is 2. The van der Waals surface area contributed by atoms with Gasteiger partial charge in [-0.3, -0.25) is 18.8 Å². The van der Waals surface area contributed by atoms with E-state index >= 15 is 0 Å². The van der Waals surface area contributed by atoms with Crippen LogP contribution in [0.25, 0.3) is 15.4 Å². The third-order valence-corrected chi connectivity index (χ3v) is 7.74. The molecule has 0 bridgehead atoms. The summed E-state index contributed by atoms with van der Waals surface area (Å²) in [6.07, 6.45) is 3.84. The van der Waals surface area contributed by atoms with Crippen LogP contribution in [0.1, 0.15) is 44.4 Å². The molecule has 1 aliphatic heterocycles. The number of morpholine rings is 1. The van der Waals surface area contributed by atoms with Crippen LogP contribution in [-0.4, -0.2) is 63.3 Å². The molecule has 2 aromatic carbocycles. The number of carbonyl (C=O) groups is 3. The first-order valence-corrected chi connectivity index (χ1v) is 14.2.